The monoisotopic (exact) mass is 524 g/mol. The van der Waals surface area contributed by atoms with E-state index in [4.69, 9.17) is 4.74 Å². The van der Waals surface area contributed by atoms with Crippen LogP contribution in [0.4, 0.5) is 11.8 Å². The molecule has 1 amide bonds. The Bertz CT molecular complexity index is 1350. The number of anilines is 2. The van der Waals surface area contributed by atoms with E-state index >= 15 is 0 Å². The van der Waals surface area contributed by atoms with Gasteiger partial charge in [-0.25, -0.2) is 18.4 Å². The van der Waals surface area contributed by atoms with Crippen LogP contribution in [0.3, 0.4) is 0 Å². The maximum atomic E-state index is 13.3. The van der Waals surface area contributed by atoms with Crippen molar-refractivity contribution in [3.05, 3.63) is 59.9 Å². The zero-order valence-corrected chi connectivity index (χ0v) is 22.2. The lowest BCUT2D eigenvalue weighted by Gasteiger charge is -2.30. The standard InChI is InChI=1S/C26H32N6O4S/c1-17-16-23(32(2)3)31-26(28-17)30-19-9-7-18(8-10-19)29-24(33)22-6-5-15-27-25(22)37(34,35)21-13-11-20(36-4)12-14-21/h5-6,11-16,18-19H,7-10H2,1-4H3,(H,29,33)(H,28,30,31). The van der Waals surface area contributed by atoms with Gasteiger partial charge in [0.1, 0.15) is 11.6 Å². The van der Waals surface area contributed by atoms with Gasteiger partial charge < -0.3 is 20.3 Å². The molecule has 10 nitrogen and oxygen atoms in total. The van der Waals surface area contributed by atoms with Crippen LogP contribution in [-0.4, -0.2) is 62.6 Å². The first-order valence-electron chi connectivity index (χ1n) is 12.1. The lowest BCUT2D eigenvalue weighted by Crippen LogP contribution is -2.40. The molecule has 0 unspecified atom stereocenters. The summed E-state index contributed by atoms with van der Waals surface area (Å²) in [6.45, 7) is 1.94. The lowest BCUT2D eigenvalue weighted by molar-refractivity contribution is 0.0922. The van der Waals surface area contributed by atoms with Crippen LogP contribution in [0.1, 0.15) is 41.7 Å². The zero-order chi connectivity index (χ0) is 26.6. The average molecular weight is 525 g/mol. The summed E-state index contributed by atoms with van der Waals surface area (Å²) in [5, 5.41) is 6.16. The average Bonchev–Trinajstić information content (AvgIpc) is 2.89. The summed E-state index contributed by atoms with van der Waals surface area (Å²) in [4.78, 5) is 28.3. The van der Waals surface area contributed by atoms with Gasteiger partial charge in [0.15, 0.2) is 5.03 Å². The third kappa shape index (κ3) is 6.16. The smallest absolute Gasteiger partial charge is 0.254 e. The SMILES string of the molecule is COc1ccc(S(=O)(=O)c2ncccc2C(=O)NC2CCC(Nc3nc(C)cc(N(C)C)n3)CC2)cc1. The van der Waals surface area contributed by atoms with E-state index in [2.05, 4.69) is 25.6 Å². The number of nitrogens with zero attached hydrogens (tertiary/aromatic N) is 4. The van der Waals surface area contributed by atoms with E-state index in [-0.39, 0.29) is 27.6 Å². The molecule has 11 heteroatoms. The van der Waals surface area contributed by atoms with Crippen molar-refractivity contribution in [3.63, 3.8) is 0 Å². The van der Waals surface area contributed by atoms with Gasteiger partial charge in [0.25, 0.3) is 5.91 Å². The highest BCUT2D eigenvalue weighted by Gasteiger charge is 2.29. The second-order valence-corrected chi connectivity index (χ2v) is 11.2. The number of carbonyl (C=O) groups is 1. The first kappa shape index (κ1) is 26.3. The van der Waals surface area contributed by atoms with Gasteiger partial charge in [0, 0.05) is 44.1 Å². The van der Waals surface area contributed by atoms with Crippen LogP contribution in [-0.2, 0) is 9.84 Å². The number of rotatable bonds is 8. The van der Waals surface area contributed by atoms with Crippen LogP contribution < -0.4 is 20.3 Å². The molecule has 37 heavy (non-hydrogen) atoms. The molecular formula is C26H32N6O4S. The first-order valence-corrected chi connectivity index (χ1v) is 13.6. The number of nitrogens with one attached hydrogen (secondary N) is 2. The molecule has 0 aliphatic heterocycles. The number of sulfone groups is 1. The normalized spacial score (nSPS) is 17.6. The molecule has 3 aromatic rings. The third-order valence-corrected chi connectivity index (χ3v) is 8.06. The molecule has 1 saturated carbocycles. The van der Waals surface area contributed by atoms with Crippen molar-refractivity contribution < 1.29 is 17.9 Å². The number of aryl methyl sites for hydroxylation is 1. The van der Waals surface area contributed by atoms with Gasteiger partial charge in [0.05, 0.1) is 17.6 Å². The van der Waals surface area contributed by atoms with Gasteiger partial charge in [-0.2, -0.15) is 4.98 Å². The number of hydrogen-bond donors (Lipinski definition) is 2. The maximum absolute atomic E-state index is 13.3. The minimum Gasteiger partial charge on any atom is -0.497 e. The molecule has 0 bridgehead atoms. The number of methoxy groups -OCH3 is 1. The predicted octanol–water partition coefficient (Wildman–Crippen LogP) is 3.24. The summed E-state index contributed by atoms with van der Waals surface area (Å²) >= 11 is 0. The molecule has 1 aliphatic carbocycles. The fourth-order valence-electron chi connectivity index (χ4n) is 4.32. The number of aromatic nitrogens is 3. The van der Waals surface area contributed by atoms with E-state index in [0.717, 1.165) is 37.2 Å². The van der Waals surface area contributed by atoms with Crippen molar-refractivity contribution in [2.45, 2.75) is 54.6 Å². The van der Waals surface area contributed by atoms with E-state index < -0.39 is 15.7 Å². The molecule has 4 rings (SSSR count). The lowest BCUT2D eigenvalue weighted by atomic mass is 9.91. The number of pyridine rings is 1. The number of hydrogen-bond acceptors (Lipinski definition) is 9. The summed E-state index contributed by atoms with van der Waals surface area (Å²) < 4.78 is 31.6. The second-order valence-electron chi connectivity index (χ2n) is 9.29. The molecule has 0 spiro atoms. The molecule has 0 atom stereocenters. The molecule has 0 saturated heterocycles. The summed E-state index contributed by atoms with van der Waals surface area (Å²) in [5.41, 5.74) is 0.918. The highest BCUT2D eigenvalue weighted by Crippen LogP contribution is 2.26. The van der Waals surface area contributed by atoms with Crippen LogP contribution in [0, 0.1) is 6.92 Å². The summed E-state index contributed by atoms with van der Waals surface area (Å²) in [6, 6.07) is 11.1. The molecule has 1 fully saturated rings. The molecule has 2 heterocycles. The first-order chi connectivity index (χ1) is 17.7. The Hall–Kier alpha value is -3.73. The second kappa shape index (κ2) is 11.1. The predicted molar refractivity (Wildman–Crippen MR) is 141 cm³/mol. The van der Waals surface area contributed by atoms with Crippen molar-refractivity contribution in [3.8, 4) is 5.75 Å². The van der Waals surface area contributed by atoms with E-state index in [1.165, 1.54) is 31.5 Å². The number of carbonyl (C=O) groups excluding carboxylic acids is 1. The van der Waals surface area contributed by atoms with Gasteiger partial charge in [0.2, 0.25) is 15.8 Å². The summed E-state index contributed by atoms with van der Waals surface area (Å²) in [7, 11) is 1.39. The van der Waals surface area contributed by atoms with E-state index in [9.17, 15) is 13.2 Å². The molecule has 196 valence electrons. The molecule has 0 radical (unpaired) electrons. The van der Waals surface area contributed by atoms with Crippen LogP contribution in [0.5, 0.6) is 5.75 Å². The fraction of sp³-hybridized carbons (Fsp3) is 0.385. The number of benzene rings is 1. The molecular weight excluding hydrogens is 492 g/mol. The Morgan fingerprint density at radius 2 is 1.70 bits per heavy atom. The van der Waals surface area contributed by atoms with Gasteiger partial charge >= 0.3 is 0 Å². The fourth-order valence-corrected chi connectivity index (χ4v) is 5.69. The van der Waals surface area contributed by atoms with Crippen molar-refractivity contribution in [2.75, 3.05) is 31.4 Å². The van der Waals surface area contributed by atoms with Crippen LogP contribution in [0.2, 0.25) is 0 Å². The Kier molecular flexibility index (Phi) is 7.91. The van der Waals surface area contributed by atoms with Gasteiger partial charge in [-0.1, -0.05) is 0 Å². The minimum absolute atomic E-state index is 0.0305. The van der Waals surface area contributed by atoms with Crippen molar-refractivity contribution in [2.24, 2.45) is 0 Å². The van der Waals surface area contributed by atoms with Crippen LogP contribution in [0.15, 0.2) is 58.6 Å². The van der Waals surface area contributed by atoms with E-state index in [0.29, 0.717) is 11.7 Å². The largest absolute Gasteiger partial charge is 0.497 e. The van der Waals surface area contributed by atoms with E-state index in [1.807, 2.05) is 32.0 Å². The Morgan fingerprint density at radius 3 is 2.35 bits per heavy atom. The Labute approximate surface area is 217 Å². The van der Waals surface area contributed by atoms with Crippen molar-refractivity contribution in [1.29, 1.82) is 0 Å². The Balaban J connectivity index is 1.41. The molecule has 2 N–H and O–H groups in total. The van der Waals surface area contributed by atoms with E-state index in [1.54, 1.807) is 18.2 Å². The number of amides is 1. The maximum Gasteiger partial charge on any atom is 0.254 e. The van der Waals surface area contributed by atoms with Crippen molar-refractivity contribution >= 4 is 27.5 Å². The van der Waals surface area contributed by atoms with Gasteiger partial charge in [-0.3, -0.25) is 4.79 Å². The zero-order valence-electron chi connectivity index (χ0n) is 21.4. The quantitative estimate of drug-likeness (QED) is 0.457. The molecule has 1 aromatic carbocycles. The Morgan fingerprint density at radius 1 is 1.03 bits per heavy atom. The highest BCUT2D eigenvalue weighted by molar-refractivity contribution is 7.91. The minimum atomic E-state index is -3.99. The summed E-state index contributed by atoms with van der Waals surface area (Å²) in [6.07, 6.45) is 4.51. The third-order valence-electron chi connectivity index (χ3n) is 6.33. The topological polar surface area (TPSA) is 126 Å². The molecule has 2 aromatic heterocycles. The summed E-state index contributed by atoms with van der Waals surface area (Å²) in [5.74, 6) is 1.53. The van der Waals surface area contributed by atoms with Gasteiger partial charge in [-0.15, -0.1) is 0 Å². The number of ether oxygens (including phenoxy) is 1. The van der Waals surface area contributed by atoms with Crippen LogP contribution in [0.25, 0.3) is 0 Å². The van der Waals surface area contributed by atoms with Crippen molar-refractivity contribution in [1.82, 2.24) is 20.3 Å². The van der Waals surface area contributed by atoms with Crippen LogP contribution >= 0.6 is 0 Å². The van der Waals surface area contributed by atoms with Gasteiger partial charge in [-0.05, 0) is 69.0 Å². The molecule has 1 aliphatic rings. The highest BCUT2D eigenvalue weighted by atomic mass is 32.2.